The van der Waals surface area contributed by atoms with Crippen LogP contribution in [0.2, 0.25) is 5.02 Å². The van der Waals surface area contributed by atoms with Gasteiger partial charge in [0, 0.05) is 43.2 Å². The molecule has 6 heteroatoms. The van der Waals surface area contributed by atoms with Crippen molar-refractivity contribution < 1.29 is 0 Å². The van der Waals surface area contributed by atoms with E-state index in [4.69, 9.17) is 16.6 Å². The average molecular weight is 410 g/mol. The third kappa shape index (κ3) is 5.43. The standard InChI is InChI=1S/C23H28ClN5/c1-16-5-7-18(8-6-16)28-23-13-19(20(24)15-27-23)21-3-2-4-22(29-21)26-14-17-9-11-25-12-10-17/h2-3,9-13,15-16,18,22,26H,4-8,14H2,1H3,(H,27,28). The number of aliphatic imine (C=N–C) groups is 1. The number of allylic oxidation sites excluding steroid dienone is 1. The summed E-state index contributed by atoms with van der Waals surface area (Å²) in [5.41, 5.74) is 3.03. The van der Waals surface area contributed by atoms with E-state index in [-0.39, 0.29) is 6.17 Å². The second kappa shape index (κ2) is 9.51. The molecule has 0 radical (unpaired) electrons. The van der Waals surface area contributed by atoms with E-state index in [0.29, 0.717) is 11.1 Å². The number of rotatable bonds is 6. The SMILES string of the molecule is CC1CCC(Nc2cc(C3=NC(NCc4ccncc4)CC=C3)c(Cl)cn2)CC1. The molecule has 1 saturated carbocycles. The van der Waals surface area contributed by atoms with Crippen LogP contribution >= 0.6 is 11.6 Å². The maximum Gasteiger partial charge on any atom is 0.126 e. The normalized spacial score (nSPS) is 24.2. The van der Waals surface area contributed by atoms with Gasteiger partial charge < -0.3 is 5.32 Å². The van der Waals surface area contributed by atoms with Gasteiger partial charge in [-0.15, -0.1) is 0 Å². The van der Waals surface area contributed by atoms with Crippen molar-refractivity contribution in [3.05, 3.63) is 65.1 Å². The lowest BCUT2D eigenvalue weighted by molar-refractivity contribution is 0.361. The zero-order valence-electron chi connectivity index (χ0n) is 16.8. The molecule has 0 aromatic carbocycles. The van der Waals surface area contributed by atoms with Crippen molar-refractivity contribution in [2.75, 3.05) is 5.32 Å². The first-order valence-electron chi connectivity index (χ1n) is 10.5. The molecule has 0 bridgehead atoms. The van der Waals surface area contributed by atoms with Crippen LogP contribution in [0.4, 0.5) is 5.82 Å². The number of dihydropyridines is 1. The van der Waals surface area contributed by atoms with Crippen molar-refractivity contribution in [1.29, 1.82) is 0 Å². The van der Waals surface area contributed by atoms with Crippen molar-refractivity contribution in [3.63, 3.8) is 0 Å². The Morgan fingerprint density at radius 3 is 2.72 bits per heavy atom. The molecule has 1 fully saturated rings. The largest absolute Gasteiger partial charge is 0.367 e. The van der Waals surface area contributed by atoms with Crippen LogP contribution in [0.1, 0.15) is 50.2 Å². The third-order valence-electron chi connectivity index (χ3n) is 5.72. The second-order valence-electron chi connectivity index (χ2n) is 8.06. The predicted molar refractivity (Wildman–Crippen MR) is 119 cm³/mol. The van der Waals surface area contributed by atoms with Crippen molar-refractivity contribution >= 4 is 23.1 Å². The number of nitrogens with one attached hydrogen (secondary N) is 2. The third-order valence-corrected chi connectivity index (χ3v) is 6.02. The Balaban J connectivity index is 1.44. The lowest BCUT2D eigenvalue weighted by Gasteiger charge is -2.27. The molecule has 0 spiro atoms. The number of anilines is 1. The first kappa shape index (κ1) is 20.0. The Kier molecular flexibility index (Phi) is 6.57. The van der Waals surface area contributed by atoms with E-state index in [9.17, 15) is 0 Å². The Morgan fingerprint density at radius 2 is 1.93 bits per heavy atom. The molecular formula is C23H28ClN5. The molecule has 1 unspecified atom stereocenters. The minimum atomic E-state index is 0.0311. The molecular weight excluding hydrogens is 382 g/mol. The van der Waals surface area contributed by atoms with E-state index in [1.54, 1.807) is 6.20 Å². The van der Waals surface area contributed by atoms with Gasteiger partial charge in [-0.1, -0.05) is 24.6 Å². The minimum absolute atomic E-state index is 0.0311. The van der Waals surface area contributed by atoms with Crippen molar-refractivity contribution in [1.82, 2.24) is 15.3 Å². The number of pyridine rings is 2. The monoisotopic (exact) mass is 409 g/mol. The fourth-order valence-corrected chi connectivity index (χ4v) is 4.12. The fourth-order valence-electron chi connectivity index (χ4n) is 3.92. The molecule has 4 rings (SSSR count). The second-order valence-corrected chi connectivity index (χ2v) is 8.46. The summed E-state index contributed by atoms with van der Waals surface area (Å²) in [7, 11) is 0. The van der Waals surface area contributed by atoms with Gasteiger partial charge in [0.15, 0.2) is 0 Å². The van der Waals surface area contributed by atoms with Crippen LogP contribution in [-0.2, 0) is 6.54 Å². The van der Waals surface area contributed by atoms with Gasteiger partial charge in [-0.2, -0.15) is 0 Å². The molecule has 3 heterocycles. The van der Waals surface area contributed by atoms with E-state index < -0.39 is 0 Å². The zero-order valence-corrected chi connectivity index (χ0v) is 17.6. The Morgan fingerprint density at radius 1 is 1.14 bits per heavy atom. The molecule has 1 aliphatic carbocycles. The quantitative estimate of drug-likeness (QED) is 0.705. The molecule has 2 N–H and O–H groups in total. The van der Waals surface area contributed by atoms with Gasteiger partial charge in [0.25, 0.3) is 0 Å². The highest BCUT2D eigenvalue weighted by molar-refractivity contribution is 6.35. The van der Waals surface area contributed by atoms with Gasteiger partial charge in [0.2, 0.25) is 0 Å². The van der Waals surface area contributed by atoms with Crippen LogP contribution in [0.15, 0.2) is 53.9 Å². The molecule has 0 amide bonds. The molecule has 152 valence electrons. The summed E-state index contributed by atoms with van der Waals surface area (Å²) in [6.45, 7) is 3.09. The first-order chi connectivity index (χ1) is 14.2. The lowest BCUT2D eigenvalue weighted by Crippen LogP contribution is -2.29. The molecule has 5 nitrogen and oxygen atoms in total. The van der Waals surface area contributed by atoms with Crippen molar-refractivity contribution in [3.8, 4) is 0 Å². The highest BCUT2D eigenvalue weighted by Gasteiger charge is 2.19. The van der Waals surface area contributed by atoms with Crippen LogP contribution in [0, 0.1) is 5.92 Å². The van der Waals surface area contributed by atoms with Crippen LogP contribution < -0.4 is 10.6 Å². The van der Waals surface area contributed by atoms with Crippen LogP contribution in [0.25, 0.3) is 0 Å². The summed E-state index contributed by atoms with van der Waals surface area (Å²) in [5.74, 6) is 1.71. The van der Waals surface area contributed by atoms with Gasteiger partial charge in [0.05, 0.1) is 10.7 Å². The van der Waals surface area contributed by atoms with Gasteiger partial charge in [-0.05, 0) is 61.4 Å². The number of hydrogen-bond acceptors (Lipinski definition) is 5. The number of aromatic nitrogens is 2. The summed E-state index contributed by atoms with van der Waals surface area (Å²) in [6, 6.07) is 6.56. The highest BCUT2D eigenvalue weighted by atomic mass is 35.5. The summed E-state index contributed by atoms with van der Waals surface area (Å²) in [5, 5.41) is 7.73. The van der Waals surface area contributed by atoms with E-state index in [0.717, 1.165) is 36.0 Å². The van der Waals surface area contributed by atoms with E-state index in [1.807, 2.05) is 30.6 Å². The molecule has 2 aliphatic rings. The van der Waals surface area contributed by atoms with Gasteiger partial charge >= 0.3 is 0 Å². The summed E-state index contributed by atoms with van der Waals surface area (Å²) < 4.78 is 0. The number of hydrogen-bond donors (Lipinski definition) is 2. The zero-order chi connectivity index (χ0) is 20.1. The van der Waals surface area contributed by atoms with E-state index >= 15 is 0 Å². The predicted octanol–water partition coefficient (Wildman–Crippen LogP) is 4.99. The first-order valence-corrected chi connectivity index (χ1v) is 10.8. The molecule has 1 aliphatic heterocycles. The number of halogens is 1. The highest BCUT2D eigenvalue weighted by Crippen LogP contribution is 2.27. The fraction of sp³-hybridized carbons (Fsp3) is 0.435. The van der Waals surface area contributed by atoms with Gasteiger partial charge in [0.1, 0.15) is 12.0 Å². The summed E-state index contributed by atoms with van der Waals surface area (Å²) in [4.78, 5) is 13.4. The molecule has 29 heavy (non-hydrogen) atoms. The topological polar surface area (TPSA) is 62.2 Å². The Bertz CT molecular complexity index is 872. The smallest absolute Gasteiger partial charge is 0.126 e. The van der Waals surface area contributed by atoms with Crippen LogP contribution in [0.3, 0.4) is 0 Å². The maximum atomic E-state index is 6.48. The molecule has 0 saturated heterocycles. The van der Waals surface area contributed by atoms with Crippen LogP contribution in [-0.4, -0.2) is 27.9 Å². The summed E-state index contributed by atoms with van der Waals surface area (Å²) >= 11 is 6.48. The van der Waals surface area contributed by atoms with Gasteiger partial charge in [-0.25, -0.2) is 4.98 Å². The van der Waals surface area contributed by atoms with Crippen molar-refractivity contribution in [2.45, 2.75) is 57.8 Å². The molecule has 1 atom stereocenters. The molecule has 2 aromatic heterocycles. The summed E-state index contributed by atoms with van der Waals surface area (Å²) in [6.07, 6.45) is 15.4. The molecule has 2 aromatic rings. The average Bonchev–Trinajstić information content (AvgIpc) is 2.76. The van der Waals surface area contributed by atoms with E-state index in [2.05, 4.69) is 39.7 Å². The van der Waals surface area contributed by atoms with Gasteiger partial charge in [-0.3, -0.25) is 15.3 Å². The Labute approximate surface area is 177 Å². The lowest BCUT2D eigenvalue weighted by atomic mass is 9.87. The maximum absolute atomic E-state index is 6.48. The number of nitrogens with zero attached hydrogens (tertiary/aromatic N) is 3. The van der Waals surface area contributed by atoms with Crippen LogP contribution in [0.5, 0.6) is 0 Å². The van der Waals surface area contributed by atoms with Crippen molar-refractivity contribution in [2.24, 2.45) is 10.9 Å². The van der Waals surface area contributed by atoms with E-state index in [1.165, 1.54) is 31.2 Å². The Hall–Kier alpha value is -2.24. The minimum Gasteiger partial charge on any atom is -0.367 e.